The van der Waals surface area contributed by atoms with E-state index in [2.05, 4.69) is 21.3 Å². The number of rotatable bonds is 5. The molecule has 0 bridgehead atoms. The van der Waals surface area contributed by atoms with Crippen LogP contribution in [-0.2, 0) is 10.3 Å². The third-order valence-electron chi connectivity index (χ3n) is 4.37. The Hall–Kier alpha value is -2.92. The first-order valence-electron chi connectivity index (χ1n) is 8.38. The van der Waals surface area contributed by atoms with E-state index in [9.17, 15) is 10.1 Å². The molecule has 1 N–H and O–H groups in total. The zero-order valence-electron chi connectivity index (χ0n) is 15.6. The van der Waals surface area contributed by atoms with Crippen LogP contribution in [0, 0.1) is 11.3 Å². The van der Waals surface area contributed by atoms with Gasteiger partial charge in [0.2, 0.25) is 0 Å². The lowest BCUT2D eigenvalue weighted by Gasteiger charge is -2.24. The van der Waals surface area contributed by atoms with Gasteiger partial charge in [0, 0.05) is 30.6 Å². The van der Waals surface area contributed by atoms with Gasteiger partial charge in [-0.15, -0.1) is 0 Å². The van der Waals surface area contributed by atoms with Crippen LogP contribution in [0.5, 0.6) is 0 Å². The lowest BCUT2D eigenvalue weighted by molar-refractivity contribution is 0.101. The molecule has 0 aliphatic heterocycles. The number of nitriles is 1. The monoisotopic (exact) mass is 354 g/mol. The molecule has 0 aliphatic rings. The minimum absolute atomic E-state index is 0.0360. The van der Waals surface area contributed by atoms with Crippen molar-refractivity contribution in [2.24, 2.45) is 0 Å². The fourth-order valence-corrected chi connectivity index (χ4v) is 3.05. The topological polar surface area (TPSA) is 101 Å². The second-order valence-corrected chi connectivity index (χ2v) is 7.21. The molecule has 0 spiro atoms. The van der Waals surface area contributed by atoms with Crippen molar-refractivity contribution in [3.8, 4) is 17.3 Å². The van der Waals surface area contributed by atoms with Crippen molar-refractivity contribution < 1.29 is 4.74 Å². The molecule has 3 heterocycles. The SMILES string of the molecule is COCC(C)(C)n1cc(-c2nc3c(C#N)c[nH]n3c(=O)c2C(C)C)cn1. The highest BCUT2D eigenvalue weighted by molar-refractivity contribution is 5.67. The van der Waals surface area contributed by atoms with E-state index in [1.165, 1.54) is 10.7 Å². The van der Waals surface area contributed by atoms with E-state index >= 15 is 0 Å². The number of hydrogen-bond acceptors (Lipinski definition) is 5. The van der Waals surface area contributed by atoms with E-state index in [1.54, 1.807) is 13.3 Å². The predicted molar refractivity (Wildman–Crippen MR) is 97.0 cm³/mol. The molecule has 0 fully saturated rings. The van der Waals surface area contributed by atoms with Gasteiger partial charge >= 0.3 is 0 Å². The maximum Gasteiger partial charge on any atom is 0.276 e. The number of H-pyrrole nitrogens is 1. The highest BCUT2D eigenvalue weighted by Gasteiger charge is 2.24. The number of aromatic nitrogens is 5. The smallest absolute Gasteiger partial charge is 0.276 e. The molecule has 0 amide bonds. The molecule has 3 aromatic heterocycles. The van der Waals surface area contributed by atoms with Crippen LogP contribution in [0.3, 0.4) is 0 Å². The zero-order chi connectivity index (χ0) is 19.1. The van der Waals surface area contributed by atoms with Gasteiger partial charge in [-0.1, -0.05) is 13.8 Å². The number of nitrogens with zero attached hydrogens (tertiary/aromatic N) is 5. The molecule has 0 radical (unpaired) electrons. The van der Waals surface area contributed by atoms with Crippen molar-refractivity contribution in [3.63, 3.8) is 0 Å². The fraction of sp³-hybridized carbons (Fsp3) is 0.444. The molecular formula is C18H22N6O2. The van der Waals surface area contributed by atoms with E-state index in [-0.39, 0.29) is 17.0 Å². The summed E-state index contributed by atoms with van der Waals surface area (Å²) in [6, 6.07) is 2.06. The Kier molecular flexibility index (Phi) is 4.42. The van der Waals surface area contributed by atoms with E-state index < -0.39 is 0 Å². The molecular weight excluding hydrogens is 332 g/mol. The molecule has 3 aromatic rings. The Morgan fingerprint density at radius 2 is 2.15 bits per heavy atom. The summed E-state index contributed by atoms with van der Waals surface area (Å²) in [5.41, 5.74) is 1.98. The zero-order valence-corrected chi connectivity index (χ0v) is 15.6. The Balaban J connectivity index is 2.25. The van der Waals surface area contributed by atoms with Gasteiger partial charge in [-0.2, -0.15) is 10.4 Å². The van der Waals surface area contributed by atoms with Gasteiger partial charge in [0.05, 0.1) is 24.0 Å². The van der Waals surface area contributed by atoms with Crippen molar-refractivity contribution in [3.05, 3.63) is 40.1 Å². The lowest BCUT2D eigenvalue weighted by atomic mass is 10.00. The number of nitrogens with one attached hydrogen (secondary N) is 1. The van der Waals surface area contributed by atoms with E-state index in [4.69, 9.17) is 4.74 Å². The number of fused-ring (bicyclic) bond motifs is 1. The molecule has 8 nitrogen and oxygen atoms in total. The molecule has 0 unspecified atom stereocenters. The van der Waals surface area contributed by atoms with Crippen LogP contribution in [0.4, 0.5) is 0 Å². The predicted octanol–water partition coefficient (Wildman–Crippen LogP) is 2.26. The van der Waals surface area contributed by atoms with Crippen molar-refractivity contribution in [2.45, 2.75) is 39.2 Å². The number of hydrogen-bond donors (Lipinski definition) is 1. The Labute approximate surface area is 151 Å². The molecule has 0 aromatic carbocycles. The third kappa shape index (κ3) is 2.80. The normalized spacial score (nSPS) is 12.0. The summed E-state index contributed by atoms with van der Waals surface area (Å²) in [6.07, 6.45) is 5.05. The highest BCUT2D eigenvalue weighted by atomic mass is 16.5. The molecule has 0 atom stereocenters. The van der Waals surface area contributed by atoms with E-state index in [1.807, 2.05) is 38.6 Å². The lowest BCUT2D eigenvalue weighted by Crippen LogP contribution is -2.31. The maximum atomic E-state index is 12.9. The Bertz CT molecular complexity index is 1050. The number of methoxy groups -OCH3 is 1. The largest absolute Gasteiger partial charge is 0.382 e. The van der Waals surface area contributed by atoms with Crippen LogP contribution < -0.4 is 5.56 Å². The molecule has 0 saturated carbocycles. The van der Waals surface area contributed by atoms with E-state index in [0.717, 1.165) is 5.56 Å². The maximum absolute atomic E-state index is 12.9. The van der Waals surface area contributed by atoms with Crippen LogP contribution in [0.2, 0.25) is 0 Å². The summed E-state index contributed by atoms with van der Waals surface area (Å²) in [5, 5.41) is 16.5. The summed E-state index contributed by atoms with van der Waals surface area (Å²) in [4.78, 5) is 17.6. The summed E-state index contributed by atoms with van der Waals surface area (Å²) < 4.78 is 8.39. The van der Waals surface area contributed by atoms with Gasteiger partial charge in [-0.3, -0.25) is 14.6 Å². The van der Waals surface area contributed by atoms with Gasteiger partial charge < -0.3 is 4.74 Å². The quantitative estimate of drug-likeness (QED) is 0.757. The van der Waals surface area contributed by atoms with Gasteiger partial charge in [-0.05, 0) is 19.8 Å². The summed E-state index contributed by atoms with van der Waals surface area (Å²) in [5.74, 6) is -0.0360. The molecule has 0 saturated heterocycles. The van der Waals surface area contributed by atoms with Crippen LogP contribution >= 0.6 is 0 Å². The molecule has 3 rings (SSSR count). The minimum Gasteiger partial charge on any atom is -0.382 e. The van der Waals surface area contributed by atoms with Crippen molar-refractivity contribution in [1.29, 1.82) is 5.26 Å². The van der Waals surface area contributed by atoms with Crippen molar-refractivity contribution in [2.75, 3.05) is 13.7 Å². The van der Waals surface area contributed by atoms with Crippen LogP contribution in [0.15, 0.2) is 23.4 Å². The third-order valence-corrected chi connectivity index (χ3v) is 4.37. The minimum atomic E-state index is -0.337. The average Bonchev–Trinajstić information content (AvgIpc) is 3.21. The first kappa shape index (κ1) is 17.9. The van der Waals surface area contributed by atoms with E-state index in [0.29, 0.717) is 29.1 Å². The highest BCUT2D eigenvalue weighted by Crippen LogP contribution is 2.27. The molecule has 136 valence electrons. The van der Waals surface area contributed by atoms with Gasteiger partial charge in [0.25, 0.3) is 5.56 Å². The van der Waals surface area contributed by atoms with Crippen LogP contribution in [0.1, 0.15) is 44.7 Å². The second kappa shape index (κ2) is 6.42. The van der Waals surface area contributed by atoms with Crippen LogP contribution in [-0.4, -0.2) is 38.1 Å². The second-order valence-electron chi connectivity index (χ2n) is 7.21. The Morgan fingerprint density at radius 1 is 1.42 bits per heavy atom. The van der Waals surface area contributed by atoms with Crippen molar-refractivity contribution in [1.82, 2.24) is 24.4 Å². The summed E-state index contributed by atoms with van der Waals surface area (Å²) in [6.45, 7) is 8.42. The molecule has 8 heteroatoms. The van der Waals surface area contributed by atoms with Gasteiger partial charge in [0.1, 0.15) is 11.6 Å². The number of ether oxygens (including phenoxy) is 1. The summed E-state index contributed by atoms with van der Waals surface area (Å²) >= 11 is 0. The molecule has 0 aliphatic carbocycles. The molecule has 26 heavy (non-hydrogen) atoms. The standard InChI is InChI=1S/C18H22N6O2/c1-11(2)14-15(13-8-20-23(9-13)18(3,4)10-26-5)22-16-12(6-19)7-21-24(16)17(14)25/h7-9,11,21H,10H2,1-5H3. The fourth-order valence-electron chi connectivity index (χ4n) is 3.05. The number of aromatic amines is 1. The first-order chi connectivity index (χ1) is 12.3. The van der Waals surface area contributed by atoms with Gasteiger partial charge in [0.15, 0.2) is 5.65 Å². The van der Waals surface area contributed by atoms with Crippen molar-refractivity contribution >= 4 is 5.65 Å². The first-order valence-corrected chi connectivity index (χ1v) is 8.38. The Morgan fingerprint density at radius 3 is 2.77 bits per heavy atom. The van der Waals surface area contributed by atoms with Crippen LogP contribution in [0.25, 0.3) is 16.9 Å². The average molecular weight is 354 g/mol. The van der Waals surface area contributed by atoms with Gasteiger partial charge in [-0.25, -0.2) is 9.50 Å². The summed E-state index contributed by atoms with van der Waals surface area (Å²) in [7, 11) is 1.65.